The molecule has 0 amide bonds. The van der Waals surface area contributed by atoms with E-state index in [2.05, 4.69) is 54.1 Å². The highest BCUT2D eigenvalue weighted by molar-refractivity contribution is 14.2. The molecule has 0 fully saturated rings. The smallest absolute Gasteiger partial charge is 0.192 e. The van der Waals surface area contributed by atoms with E-state index in [1.165, 1.54) is 23.7 Å². The number of nitrogens with two attached hydrogens (primary N) is 2. The van der Waals surface area contributed by atoms with Crippen LogP contribution in [0.15, 0.2) is 29.3 Å². The van der Waals surface area contributed by atoms with Crippen LogP contribution in [0.4, 0.5) is 0 Å². The molecular weight excluding hydrogens is 486 g/mol. The molecule has 0 radical (unpaired) electrons. The maximum Gasteiger partial charge on any atom is 0.192 e. The van der Waals surface area contributed by atoms with Crippen molar-refractivity contribution in [2.75, 3.05) is 0 Å². The summed E-state index contributed by atoms with van der Waals surface area (Å²) in [7, 11) is 0. The van der Waals surface area contributed by atoms with Crippen LogP contribution in [0.2, 0.25) is 0 Å². The topological polar surface area (TPSA) is 107 Å². The first kappa shape index (κ1) is 16.4. The van der Waals surface area contributed by atoms with Crippen molar-refractivity contribution in [2.45, 2.75) is 0 Å². The van der Waals surface area contributed by atoms with Gasteiger partial charge in [-0.15, -0.1) is 16.4 Å². The fourth-order valence-corrected chi connectivity index (χ4v) is 4.43. The van der Waals surface area contributed by atoms with Crippen molar-refractivity contribution in [3.63, 3.8) is 0 Å². The first-order chi connectivity index (χ1) is 10.2. The minimum Gasteiger partial charge on any atom is -0.405 e. The number of thiophene rings is 1. The summed E-state index contributed by atoms with van der Waals surface area (Å²) < 4.78 is 2.41. The zero-order valence-corrected chi connectivity index (χ0v) is 16.0. The minimum atomic E-state index is 0.471. The molecule has 0 spiro atoms. The second-order valence-corrected chi connectivity index (χ2v) is 7.53. The molecule has 0 aliphatic rings. The molecule has 2 heterocycles. The van der Waals surface area contributed by atoms with Crippen molar-refractivity contribution in [1.29, 1.82) is 5.26 Å². The summed E-state index contributed by atoms with van der Waals surface area (Å²) >= 11 is 7.07. The molecular formula is C11H9BrIN6PS. The van der Waals surface area contributed by atoms with E-state index in [1.54, 1.807) is 16.9 Å². The molecule has 6 nitrogen and oxygen atoms in total. The number of halogens is 2. The molecule has 0 aromatic carbocycles. The van der Waals surface area contributed by atoms with Crippen LogP contribution < -0.4 is 11.5 Å². The van der Waals surface area contributed by atoms with Gasteiger partial charge in [0, 0.05) is 11.8 Å². The first-order valence-corrected chi connectivity index (χ1v) is 11.1. The predicted molar refractivity (Wildman–Crippen MR) is 99.0 cm³/mol. The van der Waals surface area contributed by atoms with Gasteiger partial charge in [-0.2, -0.15) is 5.26 Å². The molecule has 2 aromatic rings. The zero-order valence-electron chi connectivity index (χ0n) is 10.4. The van der Waals surface area contributed by atoms with Gasteiger partial charge in [0.2, 0.25) is 0 Å². The molecule has 1 unspecified atom stereocenters. The van der Waals surface area contributed by atoms with Gasteiger partial charge in [0.15, 0.2) is 5.82 Å². The third-order valence-electron chi connectivity index (χ3n) is 2.46. The van der Waals surface area contributed by atoms with Gasteiger partial charge < -0.3 is 11.5 Å². The van der Waals surface area contributed by atoms with Crippen molar-refractivity contribution < 1.29 is 0 Å². The fourth-order valence-electron chi connectivity index (χ4n) is 1.58. The molecule has 0 saturated heterocycles. The molecule has 21 heavy (non-hydrogen) atoms. The fraction of sp³-hybridized carbons (Fsp3) is 0. The second kappa shape index (κ2) is 7.35. The average Bonchev–Trinajstić information content (AvgIpc) is 3.08. The van der Waals surface area contributed by atoms with Crippen LogP contribution in [0, 0.1) is 11.3 Å². The van der Waals surface area contributed by atoms with Crippen LogP contribution in [-0.2, 0) is 0 Å². The second-order valence-electron chi connectivity index (χ2n) is 3.64. The Morgan fingerprint density at radius 3 is 2.86 bits per heavy atom. The summed E-state index contributed by atoms with van der Waals surface area (Å²) in [6.07, 6.45) is 6.60. The van der Waals surface area contributed by atoms with Crippen LogP contribution in [0.1, 0.15) is 10.4 Å². The average molecular weight is 495 g/mol. The number of hydrogen-bond acceptors (Lipinski definition) is 6. The normalized spacial score (nSPS) is 12.5. The molecule has 0 saturated carbocycles. The van der Waals surface area contributed by atoms with E-state index >= 15 is 0 Å². The number of aromatic nitrogens is 3. The molecule has 2 aromatic heterocycles. The number of nitriles is 1. The lowest BCUT2D eigenvalue weighted by molar-refractivity contribution is 1.02. The Bertz CT molecular complexity index is 759. The van der Waals surface area contributed by atoms with Crippen molar-refractivity contribution >= 4 is 61.3 Å². The summed E-state index contributed by atoms with van der Waals surface area (Å²) in [4.78, 5) is 5.79. The lowest BCUT2D eigenvalue weighted by atomic mass is 10.1. The van der Waals surface area contributed by atoms with Gasteiger partial charge in [0.05, 0.1) is 26.2 Å². The Morgan fingerprint density at radius 2 is 2.33 bits per heavy atom. The van der Waals surface area contributed by atoms with Crippen LogP contribution in [-0.4, -0.2) is 14.5 Å². The highest BCUT2D eigenvalue weighted by Crippen LogP contribution is 2.42. The molecule has 1 atom stereocenters. The Balaban J connectivity index is 2.60. The third kappa shape index (κ3) is 3.29. The molecule has 0 aliphatic carbocycles. The van der Waals surface area contributed by atoms with E-state index in [9.17, 15) is 5.26 Å². The maximum absolute atomic E-state index is 9.38. The molecule has 108 valence electrons. The van der Waals surface area contributed by atoms with Crippen molar-refractivity contribution in [1.82, 2.24) is 14.5 Å². The van der Waals surface area contributed by atoms with Gasteiger partial charge in [0.1, 0.15) is 12.4 Å². The number of allylic oxidation sites excluding steroid dienone is 2. The van der Waals surface area contributed by atoms with Gasteiger partial charge in [0.25, 0.3) is 0 Å². The highest BCUT2D eigenvalue weighted by atomic mass is 127. The standard InChI is InChI=1S/C11H9BrIN6PS/c12-8-7(4-16)9(6(3-15)1-2-14)21-10(8)11-17-5-19(18-11)20-13/h1-3,5,20H,14-15H2/b2-1-,6-3+. The van der Waals surface area contributed by atoms with Gasteiger partial charge in [-0.3, -0.25) is 0 Å². The lowest BCUT2D eigenvalue weighted by Crippen LogP contribution is -1.88. The van der Waals surface area contributed by atoms with E-state index in [4.69, 9.17) is 11.5 Å². The summed E-state index contributed by atoms with van der Waals surface area (Å²) in [6, 6.07) is 2.18. The maximum atomic E-state index is 9.38. The summed E-state index contributed by atoms with van der Waals surface area (Å²) in [5.74, 6) is 0.576. The molecule has 2 rings (SSSR count). The van der Waals surface area contributed by atoms with Crippen molar-refractivity contribution in [3.05, 3.63) is 39.7 Å². The largest absolute Gasteiger partial charge is 0.405 e. The Hall–Kier alpha value is -0.950. The third-order valence-corrected chi connectivity index (χ3v) is 6.62. The molecule has 0 aliphatic heterocycles. The number of nitrogens with zero attached hydrogens (tertiary/aromatic N) is 4. The lowest BCUT2D eigenvalue weighted by Gasteiger charge is -1.97. The summed E-state index contributed by atoms with van der Waals surface area (Å²) in [6.45, 7) is 0. The van der Waals surface area contributed by atoms with Crippen LogP contribution in [0.3, 0.4) is 0 Å². The first-order valence-electron chi connectivity index (χ1n) is 5.47. The van der Waals surface area contributed by atoms with E-state index in [-0.39, 0.29) is 0 Å². The molecule has 10 heteroatoms. The SMILES string of the molecule is N#Cc1c(C(/C=C\N)=C/N)sc(-c2ncn(PI)n2)c1Br. The molecule has 0 bridgehead atoms. The molecule has 4 N–H and O–H groups in total. The van der Waals surface area contributed by atoms with E-state index in [0.29, 0.717) is 27.8 Å². The summed E-state index contributed by atoms with van der Waals surface area (Å²) in [5, 5.41) is 13.7. The zero-order chi connectivity index (χ0) is 15.4. The quantitative estimate of drug-likeness (QED) is 0.385. The van der Waals surface area contributed by atoms with Crippen LogP contribution in [0.25, 0.3) is 16.3 Å². The van der Waals surface area contributed by atoms with Crippen LogP contribution >= 0.6 is 55.7 Å². The predicted octanol–water partition coefficient (Wildman–Crippen LogP) is 3.20. The van der Waals surface area contributed by atoms with Gasteiger partial charge in [-0.25, -0.2) is 9.44 Å². The van der Waals surface area contributed by atoms with Gasteiger partial charge in [-0.05, 0) is 50.2 Å². The number of hydrogen-bond donors (Lipinski definition) is 2. The number of rotatable bonds is 4. The van der Waals surface area contributed by atoms with Crippen LogP contribution in [0.5, 0.6) is 0 Å². The Labute approximate surface area is 148 Å². The highest BCUT2D eigenvalue weighted by Gasteiger charge is 2.21. The Kier molecular flexibility index (Phi) is 5.75. The monoisotopic (exact) mass is 494 g/mol. The van der Waals surface area contributed by atoms with E-state index < -0.39 is 0 Å². The van der Waals surface area contributed by atoms with Crippen molar-refractivity contribution in [3.8, 4) is 16.8 Å². The van der Waals surface area contributed by atoms with E-state index in [1.807, 2.05) is 0 Å². The summed E-state index contributed by atoms with van der Waals surface area (Å²) in [5.41, 5.74) is 12.2. The van der Waals surface area contributed by atoms with Gasteiger partial charge in [-0.1, -0.05) is 0 Å². The van der Waals surface area contributed by atoms with Gasteiger partial charge >= 0.3 is 0 Å². The van der Waals surface area contributed by atoms with Crippen molar-refractivity contribution in [2.24, 2.45) is 11.5 Å². The Morgan fingerprint density at radius 1 is 1.57 bits per heavy atom. The minimum absolute atomic E-state index is 0.471. The van der Waals surface area contributed by atoms with E-state index in [0.717, 1.165) is 9.75 Å².